The van der Waals surface area contributed by atoms with Crippen molar-refractivity contribution in [2.45, 2.75) is 52.5 Å². The average molecular weight is 227 g/mol. The van der Waals surface area contributed by atoms with Crippen LogP contribution in [0.5, 0.6) is 0 Å². The molecule has 0 saturated heterocycles. The highest BCUT2D eigenvalue weighted by Crippen LogP contribution is 2.36. The van der Waals surface area contributed by atoms with Gasteiger partial charge in [-0.3, -0.25) is 4.79 Å². The van der Waals surface area contributed by atoms with Crippen molar-refractivity contribution in [1.82, 2.24) is 5.32 Å². The van der Waals surface area contributed by atoms with E-state index in [9.17, 15) is 4.79 Å². The van der Waals surface area contributed by atoms with Gasteiger partial charge in [-0.2, -0.15) is 0 Å². The monoisotopic (exact) mass is 227 g/mol. The Morgan fingerprint density at radius 3 is 2.75 bits per heavy atom. The molecule has 2 atom stereocenters. The van der Waals surface area contributed by atoms with Gasteiger partial charge < -0.3 is 10.1 Å². The number of methoxy groups -OCH3 is 1. The number of rotatable bonds is 5. The Hall–Kier alpha value is -0.570. The zero-order chi connectivity index (χ0) is 12.2. The SMILES string of the molecule is COCC(C)CC(=O)NC1CCC(C)(C)C1. The third-order valence-corrected chi connectivity index (χ3v) is 3.32. The Morgan fingerprint density at radius 1 is 1.56 bits per heavy atom. The van der Waals surface area contributed by atoms with Gasteiger partial charge in [-0.25, -0.2) is 0 Å². The van der Waals surface area contributed by atoms with Crippen LogP contribution in [-0.2, 0) is 9.53 Å². The average Bonchev–Trinajstić information content (AvgIpc) is 2.45. The Morgan fingerprint density at radius 2 is 2.25 bits per heavy atom. The smallest absolute Gasteiger partial charge is 0.220 e. The van der Waals surface area contributed by atoms with Crippen LogP contribution in [0.1, 0.15) is 46.5 Å². The van der Waals surface area contributed by atoms with Crippen LogP contribution in [0.3, 0.4) is 0 Å². The Bertz CT molecular complexity index is 238. The minimum Gasteiger partial charge on any atom is -0.384 e. The van der Waals surface area contributed by atoms with Crippen molar-refractivity contribution in [3.63, 3.8) is 0 Å². The minimum absolute atomic E-state index is 0.173. The van der Waals surface area contributed by atoms with E-state index >= 15 is 0 Å². The molecular weight excluding hydrogens is 202 g/mol. The maximum Gasteiger partial charge on any atom is 0.220 e. The molecule has 16 heavy (non-hydrogen) atoms. The van der Waals surface area contributed by atoms with Gasteiger partial charge in [0.05, 0.1) is 0 Å². The molecule has 1 rings (SSSR count). The number of amides is 1. The molecule has 3 nitrogen and oxygen atoms in total. The van der Waals surface area contributed by atoms with Gasteiger partial charge in [-0.15, -0.1) is 0 Å². The second-order valence-corrected chi connectivity index (χ2v) is 5.94. The van der Waals surface area contributed by atoms with E-state index in [1.807, 2.05) is 6.92 Å². The predicted molar refractivity (Wildman–Crippen MR) is 65.2 cm³/mol. The van der Waals surface area contributed by atoms with Crippen LogP contribution in [0.15, 0.2) is 0 Å². The summed E-state index contributed by atoms with van der Waals surface area (Å²) in [6, 6.07) is 0.386. The zero-order valence-corrected chi connectivity index (χ0v) is 11.0. The van der Waals surface area contributed by atoms with Crippen molar-refractivity contribution in [2.75, 3.05) is 13.7 Å². The van der Waals surface area contributed by atoms with Crippen LogP contribution < -0.4 is 5.32 Å². The van der Waals surface area contributed by atoms with Crippen molar-refractivity contribution in [2.24, 2.45) is 11.3 Å². The molecule has 0 radical (unpaired) electrons. The van der Waals surface area contributed by atoms with E-state index in [0.717, 1.165) is 12.8 Å². The molecular formula is C13H25NO2. The molecule has 1 saturated carbocycles. The topological polar surface area (TPSA) is 38.3 Å². The third kappa shape index (κ3) is 4.52. The largest absolute Gasteiger partial charge is 0.384 e. The van der Waals surface area contributed by atoms with Crippen molar-refractivity contribution < 1.29 is 9.53 Å². The molecule has 1 amide bonds. The summed E-state index contributed by atoms with van der Waals surface area (Å²) >= 11 is 0. The van der Waals surface area contributed by atoms with Crippen molar-refractivity contribution >= 4 is 5.91 Å². The molecule has 0 aromatic heterocycles. The summed E-state index contributed by atoms with van der Waals surface area (Å²) in [6.07, 6.45) is 4.02. The number of hydrogen-bond acceptors (Lipinski definition) is 2. The summed E-state index contributed by atoms with van der Waals surface area (Å²) in [5, 5.41) is 3.13. The summed E-state index contributed by atoms with van der Waals surface area (Å²) in [5.74, 6) is 0.478. The first-order valence-electron chi connectivity index (χ1n) is 6.21. The molecule has 2 unspecified atom stereocenters. The van der Waals surface area contributed by atoms with Crippen molar-refractivity contribution in [3.8, 4) is 0 Å². The number of nitrogens with one attached hydrogen (secondary N) is 1. The standard InChI is InChI=1S/C13H25NO2/c1-10(9-16-4)7-12(15)14-11-5-6-13(2,3)8-11/h10-11H,5-9H2,1-4H3,(H,14,15). The maximum absolute atomic E-state index is 11.7. The minimum atomic E-state index is 0.173. The maximum atomic E-state index is 11.7. The van der Waals surface area contributed by atoms with Gasteiger partial charge in [0.15, 0.2) is 0 Å². The first-order chi connectivity index (χ1) is 7.43. The van der Waals surface area contributed by atoms with Crippen LogP contribution in [0.4, 0.5) is 0 Å². The van der Waals surface area contributed by atoms with E-state index in [4.69, 9.17) is 4.74 Å². The quantitative estimate of drug-likeness (QED) is 0.783. The predicted octanol–water partition coefficient (Wildman–Crippen LogP) is 2.35. The van der Waals surface area contributed by atoms with E-state index in [1.54, 1.807) is 7.11 Å². The fourth-order valence-electron chi connectivity index (χ4n) is 2.51. The van der Waals surface area contributed by atoms with Crippen LogP contribution in [0.25, 0.3) is 0 Å². The van der Waals surface area contributed by atoms with E-state index in [2.05, 4.69) is 19.2 Å². The summed E-state index contributed by atoms with van der Waals surface area (Å²) in [7, 11) is 1.67. The molecule has 0 aliphatic heterocycles. The van der Waals surface area contributed by atoms with Gasteiger partial charge in [0.1, 0.15) is 0 Å². The lowest BCUT2D eigenvalue weighted by atomic mass is 9.92. The highest BCUT2D eigenvalue weighted by Gasteiger charge is 2.31. The summed E-state index contributed by atoms with van der Waals surface area (Å²) in [5.41, 5.74) is 0.399. The van der Waals surface area contributed by atoms with Crippen molar-refractivity contribution in [3.05, 3.63) is 0 Å². The lowest BCUT2D eigenvalue weighted by molar-refractivity contribution is -0.123. The van der Waals surface area contributed by atoms with Gasteiger partial charge in [-0.1, -0.05) is 20.8 Å². The van der Waals surface area contributed by atoms with Gasteiger partial charge in [0.2, 0.25) is 5.91 Å². The number of carbonyl (C=O) groups excluding carboxylic acids is 1. The Kier molecular flexibility index (Phi) is 4.78. The van der Waals surface area contributed by atoms with Gasteiger partial charge >= 0.3 is 0 Å². The molecule has 1 fully saturated rings. The van der Waals surface area contributed by atoms with E-state index in [0.29, 0.717) is 30.4 Å². The second kappa shape index (κ2) is 5.67. The number of ether oxygens (including phenoxy) is 1. The highest BCUT2D eigenvalue weighted by atomic mass is 16.5. The van der Waals surface area contributed by atoms with Gasteiger partial charge in [0.25, 0.3) is 0 Å². The van der Waals surface area contributed by atoms with E-state index < -0.39 is 0 Å². The first-order valence-corrected chi connectivity index (χ1v) is 6.21. The molecule has 0 spiro atoms. The fourth-order valence-corrected chi connectivity index (χ4v) is 2.51. The molecule has 1 aliphatic rings. The van der Waals surface area contributed by atoms with E-state index in [1.165, 1.54) is 6.42 Å². The fraction of sp³-hybridized carbons (Fsp3) is 0.923. The number of hydrogen-bond donors (Lipinski definition) is 1. The molecule has 0 heterocycles. The van der Waals surface area contributed by atoms with Crippen molar-refractivity contribution in [1.29, 1.82) is 0 Å². The summed E-state index contributed by atoms with van der Waals surface area (Å²) in [6.45, 7) is 7.24. The van der Waals surface area contributed by atoms with Crippen LogP contribution >= 0.6 is 0 Å². The van der Waals surface area contributed by atoms with Crippen LogP contribution in [-0.4, -0.2) is 25.7 Å². The van der Waals surface area contributed by atoms with Gasteiger partial charge in [-0.05, 0) is 30.6 Å². The second-order valence-electron chi connectivity index (χ2n) is 5.94. The normalized spacial score (nSPS) is 25.4. The Balaban J connectivity index is 2.25. The number of carbonyl (C=O) groups is 1. The first kappa shape index (κ1) is 13.5. The van der Waals surface area contributed by atoms with Crippen LogP contribution in [0, 0.1) is 11.3 Å². The highest BCUT2D eigenvalue weighted by molar-refractivity contribution is 5.76. The lowest BCUT2D eigenvalue weighted by Gasteiger charge is -2.18. The molecule has 1 aliphatic carbocycles. The molecule has 3 heteroatoms. The zero-order valence-electron chi connectivity index (χ0n) is 11.0. The van der Waals surface area contributed by atoms with Crippen LogP contribution in [0.2, 0.25) is 0 Å². The third-order valence-electron chi connectivity index (χ3n) is 3.32. The molecule has 0 aromatic rings. The van der Waals surface area contributed by atoms with Gasteiger partial charge in [0, 0.05) is 26.2 Å². The molecule has 1 N–H and O–H groups in total. The van der Waals surface area contributed by atoms with E-state index in [-0.39, 0.29) is 5.91 Å². The Labute approximate surface area is 98.9 Å². The molecule has 94 valence electrons. The lowest BCUT2D eigenvalue weighted by Crippen LogP contribution is -2.34. The summed E-state index contributed by atoms with van der Waals surface area (Å²) < 4.78 is 5.03. The summed E-state index contributed by atoms with van der Waals surface area (Å²) in [4.78, 5) is 11.7. The molecule has 0 aromatic carbocycles. The molecule has 0 bridgehead atoms.